The number of ether oxygens (including phenoxy) is 1. The number of benzene rings is 1. The van der Waals surface area contributed by atoms with Gasteiger partial charge < -0.3 is 15.0 Å². The van der Waals surface area contributed by atoms with Gasteiger partial charge in [-0.3, -0.25) is 9.59 Å². The summed E-state index contributed by atoms with van der Waals surface area (Å²) in [5, 5.41) is 3.68. The van der Waals surface area contributed by atoms with E-state index >= 15 is 0 Å². The lowest BCUT2D eigenvalue weighted by Crippen LogP contribution is -2.50. The van der Waals surface area contributed by atoms with E-state index in [0.717, 1.165) is 10.7 Å². The van der Waals surface area contributed by atoms with Crippen molar-refractivity contribution in [3.05, 3.63) is 45.9 Å². The lowest BCUT2D eigenvalue weighted by molar-refractivity contribution is -0.131. The third kappa shape index (κ3) is 3.63. The van der Waals surface area contributed by atoms with Gasteiger partial charge in [0.05, 0.1) is 23.9 Å². The van der Waals surface area contributed by atoms with Gasteiger partial charge in [0.2, 0.25) is 0 Å². The molecule has 1 aliphatic heterocycles. The van der Waals surface area contributed by atoms with Gasteiger partial charge in [-0.2, -0.15) is 0 Å². The molecule has 0 spiro atoms. The molecule has 1 saturated heterocycles. The Labute approximate surface area is 144 Å². The van der Waals surface area contributed by atoms with Crippen molar-refractivity contribution >= 4 is 28.8 Å². The molecule has 2 heterocycles. The number of hydrogen-bond donors (Lipinski definition) is 1. The Bertz CT molecular complexity index is 745. The number of aromatic nitrogens is 1. The molecule has 0 radical (unpaired) electrons. The van der Waals surface area contributed by atoms with E-state index in [-0.39, 0.29) is 18.4 Å². The van der Waals surface area contributed by atoms with Crippen LogP contribution in [-0.4, -0.2) is 47.5 Å². The SMILES string of the molecule is Cc1nc(C)c(C(=O)N2CCO[C@@H](C(=O)Nc3ccccc3)C2)s1. The molecule has 1 N–H and O–H groups in total. The van der Waals surface area contributed by atoms with Gasteiger partial charge in [-0.25, -0.2) is 4.98 Å². The van der Waals surface area contributed by atoms with Crippen LogP contribution in [-0.2, 0) is 9.53 Å². The average molecular weight is 345 g/mol. The first-order valence-electron chi connectivity index (χ1n) is 7.75. The number of rotatable bonds is 3. The number of nitrogens with one attached hydrogen (secondary N) is 1. The Morgan fingerprint density at radius 2 is 2.04 bits per heavy atom. The van der Waals surface area contributed by atoms with Crippen molar-refractivity contribution in [1.82, 2.24) is 9.88 Å². The van der Waals surface area contributed by atoms with Gasteiger partial charge in [0, 0.05) is 12.2 Å². The highest BCUT2D eigenvalue weighted by atomic mass is 32.1. The Morgan fingerprint density at radius 3 is 2.71 bits per heavy atom. The third-order valence-electron chi connectivity index (χ3n) is 3.79. The maximum atomic E-state index is 12.7. The van der Waals surface area contributed by atoms with E-state index in [0.29, 0.717) is 23.7 Å². The topological polar surface area (TPSA) is 71.5 Å². The molecular weight excluding hydrogens is 326 g/mol. The molecule has 126 valence electrons. The van der Waals surface area contributed by atoms with Crippen LogP contribution in [0.1, 0.15) is 20.4 Å². The fourth-order valence-electron chi connectivity index (χ4n) is 2.61. The second kappa shape index (κ2) is 7.11. The number of carbonyl (C=O) groups excluding carboxylic acids is 2. The quantitative estimate of drug-likeness (QED) is 0.926. The number of aryl methyl sites for hydroxylation is 2. The first-order chi connectivity index (χ1) is 11.5. The monoisotopic (exact) mass is 345 g/mol. The molecule has 0 saturated carbocycles. The lowest BCUT2D eigenvalue weighted by atomic mass is 10.2. The van der Waals surface area contributed by atoms with Crippen LogP contribution in [0.2, 0.25) is 0 Å². The first kappa shape index (κ1) is 16.6. The molecule has 2 aromatic rings. The van der Waals surface area contributed by atoms with E-state index in [2.05, 4.69) is 10.3 Å². The van der Waals surface area contributed by atoms with Crippen LogP contribution in [0.3, 0.4) is 0 Å². The minimum atomic E-state index is -0.669. The molecule has 1 aliphatic rings. The predicted octanol–water partition coefficient (Wildman–Crippen LogP) is 2.24. The zero-order chi connectivity index (χ0) is 17.1. The molecule has 2 amide bonds. The summed E-state index contributed by atoms with van der Waals surface area (Å²) in [6, 6.07) is 9.21. The standard InChI is InChI=1S/C17H19N3O3S/c1-11-15(24-12(2)18-11)17(22)20-8-9-23-14(10-20)16(21)19-13-6-4-3-5-7-13/h3-7,14H,8-10H2,1-2H3,(H,19,21)/t14-/m1/s1. The summed E-state index contributed by atoms with van der Waals surface area (Å²) in [5.74, 6) is -0.324. The Morgan fingerprint density at radius 1 is 1.29 bits per heavy atom. The van der Waals surface area contributed by atoms with E-state index in [1.54, 1.807) is 4.90 Å². The summed E-state index contributed by atoms with van der Waals surface area (Å²) in [4.78, 5) is 31.6. The van der Waals surface area contributed by atoms with Gasteiger partial charge in [0.25, 0.3) is 11.8 Å². The summed E-state index contributed by atoms with van der Waals surface area (Å²) in [6.07, 6.45) is -0.669. The molecule has 3 rings (SSSR count). The summed E-state index contributed by atoms with van der Waals surface area (Å²) < 4.78 is 5.55. The van der Waals surface area contributed by atoms with Gasteiger partial charge in [-0.1, -0.05) is 18.2 Å². The number of amides is 2. The molecule has 0 unspecified atom stereocenters. The van der Waals surface area contributed by atoms with Gasteiger partial charge >= 0.3 is 0 Å². The zero-order valence-corrected chi connectivity index (χ0v) is 14.4. The average Bonchev–Trinajstić information content (AvgIpc) is 2.93. The van der Waals surface area contributed by atoms with Crippen molar-refractivity contribution in [2.75, 3.05) is 25.0 Å². The highest BCUT2D eigenvalue weighted by molar-refractivity contribution is 7.13. The molecule has 1 atom stereocenters. The lowest BCUT2D eigenvalue weighted by Gasteiger charge is -2.32. The Hall–Kier alpha value is -2.25. The molecule has 1 fully saturated rings. The van der Waals surface area contributed by atoms with E-state index < -0.39 is 6.10 Å². The van der Waals surface area contributed by atoms with Crippen molar-refractivity contribution < 1.29 is 14.3 Å². The van der Waals surface area contributed by atoms with Gasteiger partial charge in [-0.05, 0) is 26.0 Å². The molecule has 0 aliphatic carbocycles. The molecule has 1 aromatic heterocycles. The van der Waals surface area contributed by atoms with Gasteiger partial charge in [0.1, 0.15) is 4.88 Å². The number of para-hydroxylation sites is 1. The Kier molecular flexibility index (Phi) is 4.92. The maximum absolute atomic E-state index is 12.7. The molecule has 24 heavy (non-hydrogen) atoms. The predicted molar refractivity (Wildman–Crippen MR) is 92.3 cm³/mol. The van der Waals surface area contributed by atoms with Crippen LogP contribution in [0.4, 0.5) is 5.69 Å². The van der Waals surface area contributed by atoms with E-state index in [1.807, 2.05) is 44.2 Å². The smallest absolute Gasteiger partial charge is 0.266 e. The summed E-state index contributed by atoms with van der Waals surface area (Å²) in [7, 11) is 0. The Balaban J connectivity index is 1.66. The van der Waals surface area contributed by atoms with Crippen molar-refractivity contribution in [1.29, 1.82) is 0 Å². The number of carbonyl (C=O) groups is 2. The summed E-state index contributed by atoms with van der Waals surface area (Å²) in [5.41, 5.74) is 1.45. The van der Waals surface area contributed by atoms with Crippen LogP contribution in [0.25, 0.3) is 0 Å². The first-order valence-corrected chi connectivity index (χ1v) is 8.57. The van der Waals surface area contributed by atoms with Gasteiger partial charge in [0.15, 0.2) is 6.10 Å². The maximum Gasteiger partial charge on any atom is 0.266 e. The highest BCUT2D eigenvalue weighted by Gasteiger charge is 2.31. The van der Waals surface area contributed by atoms with Crippen LogP contribution >= 0.6 is 11.3 Å². The third-order valence-corrected chi connectivity index (χ3v) is 4.85. The van der Waals surface area contributed by atoms with Crippen LogP contribution in [0, 0.1) is 13.8 Å². The van der Waals surface area contributed by atoms with E-state index in [1.165, 1.54) is 11.3 Å². The molecule has 1 aromatic carbocycles. The van der Waals surface area contributed by atoms with Crippen LogP contribution in [0.15, 0.2) is 30.3 Å². The fraction of sp³-hybridized carbons (Fsp3) is 0.353. The molecule has 0 bridgehead atoms. The minimum absolute atomic E-state index is 0.0843. The zero-order valence-electron chi connectivity index (χ0n) is 13.6. The second-order valence-electron chi connectivity index (χ2n) is 5.61. The number of morpholine rings is 1. The normalized spacial score (nSPS) is 17.6. The van der Waals surface area contributed by atoms with E-state index in [9.17, 15) is 9.59 Å². The largest absolute Gasteiger partial charge is 0.365 e. The van der Waals surface area contributed by atoms with E-state index in [4.69, 9.17) is 4.74 Å². The van der Waals surface area contributed by atoms with Crippen molar-refractivity contribution in [3.8, 4) is 0 Å². The van der Waals surface area contributed by atoms with Crippen molar-refractivity contribution in [2.45, 2.75) is 20.0 Å². The minimum Gasteiger partial charge on any atom is -0.365 e. The second-order valence-corrected chi connectivity index (χ2v) is 6.82. The van der Waals surface area contributed by atoms with Crippen molar-refractivity contribution in [2.24, 2.45) is 0 Å². The summed E-state index contributed by atoms with van der Waals surface area (Å²) in [6.45, 7) is 4.77. The van der Waals surface area contributed by atoms with Crippen molar-refractivity contribution in [3.63, 3.8) is 0 Å². The summed E-state index contributed by atoms with van der Waals surface area (Å²) >= 11 is 1.38. The molecule has 6 nitrogen and oxygen atoms in total. The van der Waals surface area contributed by atoms with Gasteiger partial charge in [-0.15, -0.1) is 11.3 Å². The number of nitrogens with zero attached hydrogens (tertiary/aromatic N) is 2. The molecular formula is C17H19N3O3S. The molecule has 7 heteroatoms. The number of thiazole rings is 1. The van der Waals surface area contributed by atoms with Crippen LogP contribution in [0.5, 0.6) is 0 Å². The number of anilines is 1. The number of hydrogen-bond acceptors (Lipinski definition) is 5. The highest BCUT2D eigenvalue weighted by Crippen LogP contribution is 2.21. The van der Waals surface area contributed by atoms with Crippen LogP contribution < -0.4 is 5.32 Å². The fourth-order valence-corrected chi connectivity index (χ4v) is 3.50.